The number of ether oxygens (including phenoxy) is 1. The van der Waals surface area contributed by atoms with Crippen LogP contribution < -0.4 is 0 Å². The fourth-order valence-corrected chi connectivity index (χ4v) is 1.34. The van der Waals surface area contributed by atoms with Gasteiger partial charge in [0.05, 0.1) is 12.5 Å². The normalized spacial score (nSPS) is 22.8. The molecular formula is C9H14O3. The molecule has 0 N–H and O–H groups in total. The van der Waals surface area contributed by atoms with Gasteiger partial charge in [0.25, 0.3) is 0 Å². The lowest BCUT2D eigenvalue weighted by Crippen LogP contribution is -2.15. The van der Waals surface area contributed by atoms with E-state index in [1.54, 1.807) is 0 Å². The summed E-state index contributed by atoms with van der Waals surface area (Å²) in [4.78, 5) is 22.0. The van der Waals surface area contributed by atoms with Crippen LogP contribution in [0.2, 0.25) is 0 Å². The summed E-state index contributed by atoms with van der Waals surface area (Å²) in [5.41, 5.74) is 0. The van der Waals surface area contributed by atoms with Gasteiger partial charge < -0.3 is 4.74 Å². The molecule has 68 valence electrons. The van der Waals surface area contributed by atoms with E-state index in [4.69, 9.17) is 4.74 Å². The molecule has 1 saturated carbocycles. The molecule has 1 rings (SSSR count). The van der Waals surface area contributed by atoms with Crippen LogP contribution >= 0.6 is 0 Å². The molecule has 0 amide bonds. The van der Waals surface area contributed by atoms with Gasteiger partial charge in [0.15, 0.2) is 0 Å². The number of hydrogen-bond donors (Lipinski definition) is 0. The second-order valence-electron chi connectivity index (χ2n) is 3.15. The van der Waals surface area contributed by atoms with Crippen LogP contribution in [0, 0.1) is 5.92 Å². The Morgan fingerprint density at radius 2 is 2.42 bits per heavy atom. The Labute approximate surface area is 72.1 Å². The van der Waals surface area contributed by atoms with Crippen molar-refractivity contribution in [2.75, 3.05) is 6.61 Å². The number of esters is 1. The van der Waals surface area contributed by atoms with Crippen molar-refractivity contribution in [1.82, 2.24) is 0 Å². The molecule has 0 radical (unpaired) electrons. The molecule has 0 aromatic carbocycles. The first-order chi connectivity index (χ1) is 5.74. The molecule has 0 aromatic rings. The first kappa shape index (κ1) is 9.23. The Morgan fingerprint density at radius 1 is 1.67 bits per heavy atom. The Balaban J connectivity index is 2.28. The third-order valence-corrected chi connectivity index (χ3v) is 2.03. The second-order valence-corrected chi connectivity index (χ2v) is 3.15. The van der Waals surface area contributed by atoms with Crippen LogP contribution in [0.5, 0.6) is 0 Å². The van der Waals surface area contributed by atoms with Crippen LogP contribution in [-0.2, 0) is 14.3 Å². The molecule has 0 aromatic heterocycles. The van der Waals surface area contributed by atoms with Crippen molar-refractivity contribution in [3.05, 3.63) is 0 Å². The van der Waals surface area contributed by atoms with Crippen molar-refractivity contribution < 1.29 is 14.3 Å². The summed E-state index contributed by atoms with van der Waals surface area (Å²) in [6, 6.07) is 0. The largest absolute Gasteiger partial charge is 0.465 e. The quantitative estimate of drug-likeness (QED) is 0.600. The van der Waals surface area contributed by atoms with Gasteiger partial charge >= 0.3 is 5.97 Å². The first-order valence-corrected chi connectivity index (χ1v) is 4.42. The van der Waals surface area contributed by atoms with E-state index < -0.39 is 0 Å². The number of carbonyl (C=O) groups is 2. The van der Waals surface area contributed by atoms with Crippen molar-refractivity contribution >= 4 is 11.8 Å². The third-order valence-electron chi connectivity index (χ3n) is 2.03. The Kier molecular flexibility index (Phi) is 3.26. The van der Waals surface area contributed by atoms with E-state index in [0.29, 0.717) is 25.9 Å². The highest BCUT2D eigenvalue weighted by Crippen LogP contribution is 2.22. The van der Waals surface area contributed by atoms with Gasteiger partial charge in [0.1, 0.15) is 5.78 Å². The van der Waals surface area contributed by atoms with Crippen LogP contribution in [0.25, 0.3) is 0 Å². The van der Waals surface area contributed by atoms with Gasteiger partial charge in [-0.05, 0) is 12.8 Å². The minimum absolute atomic E-state index is 0.149. The summed E-state index contributed by atoms with van der Waals surface area (Å²) in [6.45, 7) is 2.43. The summed E-state index contributed by atoms with van der Waals surface area (Å²) in [5, 5.41) is 0. The SMILES string of the molecule is CCCOC(=O)C1CCC(=O)C1. The van der Waals surface area contributed by atoms with Crippen LogP contribution in [0.4, 0.5) is 0 Å². The molecule has 0 bridgehead atoms. The molecular weight excluding hydrogens is 156 g/mol. The molecule has 1 atom stereocenters. The molecule has 1 fully saturated rings. The topological polar surface area (TPSA) is 43.4 Å². The maximum Gasteiger partial charge on any atom is 0.309 e. The van der Waals surface area contributed by atoms with Crippen molar-refractivity contribution in [1.29, 1.82) is 0 Å². The van der Waals surface area contributed by atoms with E-state index >= 15 is 0 Å². The average Bonchev–Trinajstić information content (AvgIpc) is 2.47. The highest BCUT2D eigenvalue weighted by atomic mass is 16.5. The molecule has 3 nitrogen and oxygen atoms in total. The lowest BCUT2D eigenvalue weighted by molar-refractivity contribution is -0.148. The number of hydrogen-bond acceptors (Lipinski definition) is 3. The van der Waals surface area contributed by atoms with Gasteiger partial charge in [0, 0.05) is 12.8 Å². The molecule has 1 unspecified atom stereocenters. The second kappa shape index (κ2) is 4.24. The molecule has 0 saturated heterocycles. The van der Waals surface area contributed by atoms with E-state index in [2.05, 4.69) is 0 Å². The summed E-state index contributed by atoms with van der Waals surface area (Å²) in [6.07, 6.45) is 2.46. The van der Waals surface area contributed by atoms with Gasteiger partial charge in [-0.25, -0.2) is 0 Å². The molecule has 0 heterocycles. The summed E-state index contributed by atoms with van der Waals surface area (Å²) in [7, 11) is 0. The predicted molar refractivity (Wildman–Crippen MR) is 43.6 cm³/mol. The summed E-state index contributed by atoms with van der Waals surface area (Å²) >= 11 is 0. The van der Waals surface area contributed by atoms with Gasteiger partial charge in [-0.2, -0.15) is 0 Å². The first-order valence-electron chi connectivity index (χ1n) is 4.42. The van der Waals surface area contributed by atoms with Crippen LogP contribution in [0.3, 0.4) is 0 Å². The van der Waals surface area contributed by atoms with Crippen LogP contribution in [0.15, 0.2) is 0 Å². The number of ketones is 1. The standard InChI is InChI=1S/C9H14O3/c1-2-5-12-9(11)7-3-4-8(10)6-7/h7H,2-6H2,1H3. The van der Waals surface area contributed by atoms with Gasteiger partial charge in [-0.15, -0.1) is 0 Å². The van der Waals surface area contributed by atoms with Gasteiger partial charge in [-0.3, -0.25) is 9.59 Å². The zero-order valence-corrected chi connectivity index (χ0v) is 7.34. The minimum Gasteiger partial charge on any atom is -0.465 e. The van der Waals surface area contributed by atoms with Crippen molar-refractivity contribution in [3.8, 4) is 0 Å². The van der Waals surface area contributed by atoms with Crippen LogP contribution in [-0.4, -0.2) is 18.4 Å². The van der Waals surface area contributed by atoms with Crippen molar-refractivity contribution in [2.45, 2.75) is 32.6 Å². The number of Topliss-reactive ketones (excluding diaryl/α,β-unsaturated/α-hetero) is 1. The molecule has 3 heteroatoms. The van der Waals surface area contributed by atoms with Crippen molar-refractivity contribution in [2.24, 2.45) is 5.92 Å². The summed E-state index contributed by atoms with van der Waals surface area (Å²) < 4.78 is 4.93. The molecule has 1 aliphatic rings. The molecule has 1 aliphatic carbocycles. The Morgan fingerprint density at radius 3 is 2.92 bits per heavy atom. The Bertz CT molecular complexity index is 186. The molecule has 0 spiro atoms. The zero-order valence-electron chi connectivity index (χ0n) is 7.34. The highest BCUT2D eigenvalue weighted by molar-refractivity contribution is 5.87. The monoisotopic (exact) mass is 170 g/mol. The molecule has 0 aliphatic heterocycles. The Hall–Kier alpha value is -0.860. The van der Waals surface area contributed by atoms with E-state index in [0.717, 1.165) is 6.42 Å². The lowest BCUT2D eigenvalue weighted by Gasteiger charge is -2.06. The average molecular weight is 170 g/mol. The smallest absolute Gasteiger partial charge is 0.309 e. The van der Waals surface area contributed by atoms with E-state index in [9.17, 15) is 9.59 Å². The van der Waals surface area contributed by atoms with Crippen molar-refractivity contribution in [3.63, 3.8) is 0 Å². The number of carbonyl (C=O) groups excluding carboxylic acids is 2. The van der Waals surface area contributed by atoms with E-state index in [1.165, 1.54) is 0 Å². The number of rotatable bonds is 3. The zero-order chi connectivity index (χ0) is 8.97. The third kappa shape index (κ3) is 2.32. The van der Waals surface area contributed by atoms with E-state index in [1.807, 2.05) is 6.92 Å². The maximum absolute atomic E-state index is 11.2. The molecule has 12 heavy (non-hydrogen) atoms. The van der Waals surface area contributed by atoms with Gasteiger partial charge in [-0.1, -0.05) is 6.92 Å². The fraction of sp³-hybridized carbons (Fsp3) is 0.778. The van der Waals surface area contributed by atoms with Crippen LogP contribution in [0.1, 0.15) is 32.6 Å². The predicted octanol–water partition coefficient (Wildman–Crippen LogP) is 1.31. The fourth-order valence-electron chi connectivity index (χ4n) is 1.34. The minimum atomic E-state index is -0.192. The maximum atomic E-state index is 11.2. The summed E-state index contributed by atoms with van der Waals surface area (Å²) in [5.74, 6) is -0.153. The highest BCUT2D eigenvalue weighted by Gasteiger charge is 2.29. The van der Waals surface area contributed by atoms with Gasteiger partial charge in [0.2, 0.25) is 0 Å². The lowest BCUT2D eigenvalue weighted by atomic mass is 10.1. The van der Waals surface area contributed by atoms with E-state index in [-0.39, 0.29) is 17.7 Å².